The third-order valence-electron chi connectivity index (χ3n) is 3.07. The molecule has 0 aromatic carbocycles. The molecule has 0 saturated heterocycles. The normalized spacial score (nSPS) is 14.2. The van der Waals surface area contributed by atoms with Gasteiger partial charge in [-0.15, -0.1) is 0 Å². The van der Waals surface area contributed by atoms with Gasteiger partial charge in [0.25, 0.3) is 0 Å². The van der Waals surface area contributed by atoms with Crippen molar-refractivity contribution in [1.82, 2.24) is 20.6 Å². The Labute approximate surface area is 136 Å². The number of carbonyl (C=O) groups excluding carboxylic acids is 2. The molecule has 0 fully saturated rings. The van der Waals surface area contributed by atoms with Crippen LogP contribution >= 0.6 is 0 Å². The number of carboxylic acids is 2. The predicted molar refractivity (Wildman–Crippen MR) is 79.7 cm³/mol. The minimum absolute atomic E-state index is 0.110. The van der Waals surface area contributed by atoms with Gasteiger partial charge >= 0.3 is 11.9 Å². The monoisotopic (exact) mass is 341 g/mol. The van der Waals surface area contributed by atoms with Crippen LogP contribution in [0.3, 0.4) is 0 Å². The molecule has 1 heterocycles. The quantitative estimate of drug-likeness (QED) is 0.292. The lowest BCUT2D eigenvalue weighted by atomic mass is 10.1. The molecule has 11 heteroatoms. The molecule has 0 unspecified atom stereocenters. The van der Waals surface area contributed by atoms with Crippen LogP contribution in [0.25, 0.3) is 0 Å². The van der Waals surface area contributed by atoms with Crippen molar-refractivity contribution in [3.8, 4) is 0 Å². The number of aromatic amines is 1. The molecule has 1 aromatic heterocycles. The number of aromatic nitrogens is 2. The molecule has 2 amide bonds. The van der Waals surface area contributed by atoms with Crippen LogP contribution in [0.5, 0.6) is 0 Å². The van der Waals surface area contributed by atoms with Crippen molar-refractivity contribution in [2.45, 2.75) is 37.9 Å². The molecular weight excluding hydrogens is 322 g/mol. The van der Waals surface area contributed by atoms with E-state index in [9.17, 15) is 19.2 Å². The summed E-state index contributed by atoms with van der Waals surface area (Å²) in [6.45, 7) is 1.21. The molecule has 0 bridgehead atoms. The van der Waals surface area contributed by atoms with E-state index in [4.69, 9.17) is 15.9 Å². The van der Waals surface area contributed by atoms with Crippen LogP contribution in [0, 0.1) is 0 Å². The highest BCUT2D eigenvalue weighted by atomic mass is 16.4. The lowest BCUT2D eigenvalue weighted by molar-refractivity contribution is -0.143. The average Bonchev–Trinajstić information content (AvgIpc) is 2.98. The maximum atomic E-state index is 12.0. The summed E-state index contributed by atoms with van der Waals surface area (Å²) in [5.74, 6) is -4.29. The summed E-state index contributed by atoms with van der Waals surface area (Å²) >= 11 is 0. The summed E-state index contributed by atoms with van der Waals surface area (Å²) in [5, 5.41) is 21.9. The first-order valence-electron chi connectivity index (χ1n) is 6.99. The van der Waals surface area contributed by atoms with E-state index in [0.717, 1.165) is 0 Å². The lowest BCUT2D eigenvalue weighted by Gasteiger charge is -2.20. The van der Waals surface area contributed by atoms with Crippen molar-refractivity contribution < 1.29 is 29.4 Å². The van der Waals surface area contributed by atoms with E-state index in [1.807, 2.05) is 0 Å². The number of imidazole rings is 1. The molecule has 3 atom stereocenters. The van der Waals surface area contributed by atoms with Crippen LogP contribution in [0.2, 0.25) is 0 Å². The van der Waals surface area contributed by atoms with Gasteiger partial charge in [-0.3, -0.25) is 19.2 Å². The van der Waals surface area contributed by atoms with E-state index >= 15 is 0 Å². The zero-order chi connectivity index (χ0) is 18.3. The Morgan fingerprint density at radius 3 is 2.42 bits per heavy atom. The molecule has 0 radical (unpaired) electrons. The highest BCUT2D eigenvalue weighted by Gasteiger charge is 2.28. The predicted octanol–water partition coefficient (Wildman–Crippen LogP) is -2.17. The van der Waals surface area contributed by atoms with Gasteiger partial charge in [0.05, 0.1) is 18.8 Å². The summed E-state index contributed by atoms with van der Waals surface area (Å²) in [5.41, 5.74) is 6.30. The molecule has 0 aliphatic carbocycles. The third-order valence-corrected chi connectivity index (χ3v) is 3.07. The van der Waals surface area contributed by atoms with Gasteiger partial charge in [0.1, 0.15) is 12.1 Å². The second-order valence-electron chi connectivity index (χ2n) is 5.12. The van der Waals surface area contributed by atoms with Crippen molar-refractivity contribution in [3.05, 3.63) is 18.2 Å². The molecule has 132 valence electrons. The largest absolute Gasteiger partial charge is 0.481 e. The second-order valence-corrected chi connectivity index (χ2v) is 5.12. The summed E-state index contributed by atoms with van der Waals surface area (Å²) in [7, 11) is 0. The Kier molecular flexibility index (Phi) is 6.86. The number of hydrogen-bond acceptors (Lipinski definition) is 6. The van der Waals surface area contributed by atoms with Crippen molar-refractivity contribution in [1.29, 1.82) is 0 Å². The van der Waals surface area contributed by atoms with Gasteiger partial charge < -0.3 is 31.6 Å². The SMILES string of the molecule is C[C@H](NC(=O)[C@H](CC(=O)O)NC(=O)[C@@H](N)Cc1cnc[nH]1)C(=O)O. The van der Waals surface area contributed by atoms with E-state index in [-0.39, 0.29) is 6.42 Å². The number of hydrogen-bond donors (Lipinski definition) is 6. The summed E-state index contributed by atoms with van der Waals surface area (Å²) in [4.78, 5) is 52.1. The molecule has 1 aromatic rings. The average molecular weight is 341 g/mol. The van der Waals surface area contributed by atoms with Crippen LogP contribution in [0.4, 0.5) is 0 Å². The number of carboxylic acid groups (broad SMARTS) is 2. The second kappa shape index (κ2) is 8.62. The fourth-order valence-corrected chi connectivity index (χ4v) is 1.76. The first-order valence-corrected chi connectivity index (χ1v) is 6.99. The molecule has 11 nitrogen and oxygen atoms in total. The van der Waals surface area contributed by atoms with Gasteiger partial charge in [-0.2, -0.15) is 0 Å². The van der Waals surface area contributed by atoms with Gasteiger partial charge in [0, 0.05) is 18.3 Å². The van der Waals surface area contributed by atoms with E-state index in [1.54, 1.807) is 0 Å². The van der Waals surface area contributed by atoms with Crippen LogP contribution in [0.15, 0.2) is 12.5 Å². The number of amides is 2. The zero-order valence-electron chi connectivity index (χ0n) is 12.9. The summed E-state index contributed by atoms with van der Waals surface area (Å²) in [6.07, 6.45) is 2.29. The van der Waals surface area contributed by atoms with Crippen molar-refractivity contribution in [2.24, 2.45) is 5.73 Å². The number of nitrogens with one attached hydrogen (secondary N) is 3. The van der Waals surface area contributed by atoms with Crippen LogP contribution in [0.1, 0.15) is 19.0 Å². The molecule has 0 saturated carbocycles. The molecule has 1 rings (SSSR count). The van der Waals surface area contributed by atoms with Gasteiger partial charge in [-0.05, 0) is 6.92 Å². The number of rotatable bonds is 9. The van der Waals surface area contributed by atoms with Crippen molar-refractivity contribution >= 4 is 23.8 Å². The highest BCUT2D eigenvalue weighted by molar-refractivity contribution is 5.93. The smallest absolute Gasteiger partial charge is 0.325 e. The van der Waals surface area contributed by atoms with Crippen LogP contribution in [-0.2, 0) is 25.6 Å². The summed E-state index contributed by atoms with van der Waals surface area (Å²) in [6, 6.07) is -3.71. The van der Waals surface area contributed by atoms with Crippen LogP contribution < -0.4 is 16.4 Å². The van der Waals surface area contributed by atoms with Gasteiger partial charge in [0.2, 0.25) is 11.8 Å². The van der Waals surface area contributed by atoms with E-state index in [0.29, 0.717) is 5.69 Å². The van der Waals surface area contributed by atoms with Crippen molar-refractivity contribution in [2.75, 3.05) is 0 Å². The minimum atomic E-state index is -1.44. The van der Waals surface area contributed by atoms with E-state index < -0.39 is 48.3 Å². The molecule has 0 spiro atoms. The Bertz CT molecular complexity index is 602. The molecule has 24 heavy (non-hydrogen) atoms. The van der Waals surface area contributed by atoms with Crippen LogP contribution in [-0.4, -0.2) is 62.1 Å². The van der Waals surface area contributed by atoms with Crippen molar-refractivity contribution in [3.63, 3.8) is 0 Å². The maximum Gasteiger partial charge on any atom is 0.325 e. The van der Waals surface area contributed by atoms with Gasteiger partial charge in [-0.25, -0.2) is 4.98 Å². The van der Waals surface area contributed by atoms with Gasteiger partial charge in [-0.1, -0.05) is 0 Å². The molecule has 7 N–H and O–H groups in total. The number of nitrogens with zero attached hydrogens (tertiary/aromatic N) is 1. The number of H-pyrrole nitrogens is 1. The highest BCUT2D eigenvalue weighted by Crippen LogP contribution is 2.00. The molecular formula is C13H19N5O6. The zero-order valence-corrected chi connectivity index (χ0v) is 12.9. The number of carbonyl (C=O) groups is 4. The molecule has 0 aliphatic heterocycles. The topological polar surface area (TPSA) is 187 Å². The standard InChI is InChI=1S/C13H19N5O6/c1-6(13(23)24)17-12(22)9(3-10(19)20)18-11(21)8(14)2-7-4-15-5-16-7/h4-6,8-9H,2-3,14H2,1H3,(H,15,16)(H,17,22)(H,18,21)(H,19,20)(H,23,24)/t6-,8-,9-/m0/s1. The molecule has 0 aliphatic rings. The van der Waals surface area contributed by atoms with E-state index in [2.05, 4.69) is 20.6 Å². The first-order chi connectivity index (χ1) is 11.2. The summed E-state index contributed by atoms with van der Waals surface area (Å²) < 4.78 is 0. The number of nitrogens with two attached hydrogens (primary N) is 1. The fraction of sp³-hybridized carbons (Fsp3) is 0.462. The Hall–Kier alpha value is -2.95. The van der Waals surface area contributed by atoms with Gasteiger partial charge in [0.15, 0.2) is 0 Å². The maximum absolute atomic E-state index is 12.0. The Morgan fingerprint density at radius 2 is 1.92 bits per heavy atom. The lowest BCUT2D eigenvalue weighted by Crippen LogP contribution is -2.54. The fourth-order valence-electron chi connectivity index (χ4n) is 1.76. The Morgan fingerprint density at radius 1 is 1.25 bits per heavy atom. The first kappa shape index (κ1) is 19.1. The Balaban J connectivity index is 2.70. The minimum Gasteiger partial charge on any atom is -0.481 e. The number of aliphatic carboxylic acids is 2. The third kappa shape index (κ3) is 6.04. The van der Waals surface area contributed by atoms with E-state index in [1.165, 1.54) is 19.4 Å².